The third-order valence-electron chi connectivity index (χ3n) is 6.81. The van der Waals surface area contributed by atoms with Crippen molar-refractivity contribution in [1.82, 2.24) is 25.1 Å². The van der Waals surface area contributed by atoms with Crippen LogP contribution in [0.25, 0.3) is 0 Å². The lowest BCUT2D eigenvalue weighted by Gasteiger charge is -2.23. The zero-order valence-electron chi connectivity index (χ0n) is 22.5. The number of imidazole rings is 1. The van der Waals surface area contributed by atoms with Crippen molar-refractivity contribution < 1.29 is 9.59 Å². The van der Waals surface area contributed by atoms with E-state index in [1.807, 2.05) is 26.8 Å². The van der Waals surface area contributed by atoms with E-state index in [4.69, 9.17) is 22.7 Å². The molecule has 1 aromatic heterocycles. The number of hydrogen-bond donors (Lipinski definition) is 4. The van der Waals surface area contributed by atoms with Crippen LogP contribution in [0.4, 0.5) is 5.69 Å². The van der Waals surface area contributed by atoms with Crippen LogP contribution in [-0.4, -0.2) is 51.2 Å². The fraction of sp³-hybridized carbons (Fsp3) is 0.444. The van der Waals surface area contributed by atoms with Crippen molar-refractivity contribution in [3.63, 3.8) is 0 Å². The number of nitrogens with zero attached hydrogens (tertiary/aromatic N) is 4. The molecule has 2 aromatic rings. The number of hydrogen-bond acceptors (Lipinski definition) is 6. The van der Waals surface area contributed by atoms with Gasteiger partial charge in [0.1, 0.15) is 17.4 Å². The van der Waals surface area contributed by atoms with Gasteiger partial charge in [-0.2, -0.15) is 5.26 Å². The standard InChI is InChI=1S/C27H35ClN8O2/c1-7-23(37)36-13-16(8-9-29)21(14-36)34-26(38)24-15(2)33-22(35(24)6)12-32-25(31)17-10-18(27(3,4)5)19(28)11-20(17)30/h7,10-11,16,21H,1,8,12-14,30H2,2-6H3,(H2,31,32)(H,34,38)/t16-,21+/m1/s1. The van der Waals surface area contributed by atoms with Crippen molar-refractivity contribution in [2.24, 2.45) is 13.0 Å². The van der Waals surface area contributed by atoms with Crippen LogP contribution in [0.2, 0.25) is 5.02 Å². The molecule has 5 N–H and O–H groups in total. The number of nitrogen functional groups attached to an aromatic ring is 1. The Morgan fingerprint density at radius 1 is 1.37 bits per heavy atom. The number of rotatable bonds is 7. The highest BCUT2D eigenvalue weighted by Gasteiger charge is 2.36. The van der Waals surface area contributed by atoms with Crippen LogP contribution in [0.1, 0.15) is 60.3 Å². The topological polar surface area (TPSA) is 153 Å². The maximum atomic E-state index is 13.2. The van der Waals surface area contributed by atoms with Gasteiger partial charge in [-0.3, -0.25) is 15.0 Å². The summed E-state index contributed by atoms with van der Waals surface area (Å²) in [5.41, 5.74) is 8.65. The highest BCUT2D eigenvalue weighted by Crippen LogP contribution is 2.33. The minimum absolute atomic E-state index is 0.119. The second kappa shape index (κ2) is 11.3. The number of amides is 2. The van der Waals surface area contributed by atoms with E-state index in [1.54, 1.807) is 29.5 Å². The Bertz CT molecular complexity index is 1320. The number of halogens is 1. The molecular weight excluding hydrogens is 504 g/mol. The number of anilines is 1. The Kier molecular flexibility index (Phi) is 8.52. The number of carbonyl (C=O) groups is 2. The molecule has 38 heavy (non-hydrogen) atoms. The van der Waals surface area contributed by atoms with Crippen LogP contribution in [-0.2, 0) is 23.8 Å². The van der Waals surface area contributed by atoms with E-state index < -0.39 is 0 Å². The molecule has 2 atom stereocenters. The summed E-state index contributed by atoms with van der Waals surface area (Å²) in [4.78, 5) is 31.4. The van der Waals surface area contributed by atoms with Crippen molar-refractivity contribution >= 4 is 34.9 Å². The summed E-state index contributed by atoms with van der Waals surface area (Å²) in [7, 11) is 1.73. The van der Waals surface area contributed by atoms with Crippen LogP contribution < -0.4 is 16.4 Å². The highest BCUT2D eigenvalue weighted by atomic mass is 35.5. The first-order valence-corrected chi connectivity index (χ1v) is 12.7. The molecule has 1 saturated heterocycles. The first-order valence-electron chi connectivity index (χ1n) is 12.3. The summed E-state index contributed by atoms with van der Waals surface area (Å²) in [6, 6.07) is 5.27. The van der Waals surface area contributed by atoms with Gasteiger partial charge in [-0.15, -0.1) is 0 Å². The maximum absolute atomic E-state index is 13.2. The largest absolute Gasteiger partial charge is 0.398 e. The second-order valence-corrected chi connectivity index (χ2v) is 11.0. The van der Waals surface area contributed by atoms with Gasteiger partial charge in [-0.1, -0.05) is 39.0 Å². The number of nitrogens with two attached hydrogens (primary N) is 1. The molecular formula is C27H35ClN8O2. The van der Waals surface area contributed by atoms with Gasteiger partial charge >= 0.3 is 0 Å². The quantitative estimate of drug-likeness (QED) is 0.184. The Morgan fingerprint density at radius 2 is 2.05 bits per heavy atom. The third kappa shape index (κ3) is 6.00. The van der Waals surface area contributed by atoms with Crippen LogP contribution in [0.3, 0.4) is 0 Å². The molecule has 3 rings (SSSR count). The Balaban J connectivity index is 1.75. The van der Waals surface area contributed by atoms with Crippen LogP contribution in [0.5, 0.6) is 0 Å². The molecule has 2 heterocycles. The summed E-state index contributed by atoms with van der Waals surface area (Å²) in [6.07, 6.45) is 1.45. The number of aryl methyl sites for hydroxylation is 1. The lowest BCUT2D eigenvalue weighted by molar-refractivity contribution is -0.125. The monoisotopic (exact) mass is 538 g/mol. The van der Waals surface area contributed by atoms with E-state index in [-0.39, 0.29) is 48.0 Å². The predicted octanol–water partition coefficient (Wildman–Crippen LogP) is 3.03. The average Bonchev–Trinajstić information content (AvgIpc) is 3.35. The minimum atomic E-state index is -0.361. The highest BCUT2D eigenvalue weighted by molar-refractivity contribution is 6.32. The van der Waals surface area contributed by atoms with Gasteiger partial charge in [0.25, 0.3) is 5.91 Å². The van der Waals surface area contributed by atoms with E-state index in [9.17, 15) is 14.9 Å². The molecule has 1 aromatic carbocycles. The van der Waals surface area contributed by atoms with Crippen LogP contribution in [0.15, 0.2) is 24.8 Å². The minimum Gasteiger partial charge on any atom is -0.398 e. The number of carbonyl (C=O) groups excluding carboxylic acids is 2. The number of likely N-dealkylation sites (tertiary alicyclic amines) is 1. The number of nitriles is 1. The lowest BCUT2D eigenvalue weighted by atomic mass is 9.85. The number of benzene rings is 1. The molecule has 0 aliphatic carbocycles. The van der Waals surface area contributed by atoms with E-state index >= 15 is 0 Å². The number of nitrogens with one attached hydrogen (secondary N) is 3. The molecule has 2 amide bonds. The third-order valence-corrected chi connectivity index (χ3v) is 7.13. The lowest BCUT2D eigenvalue weighted by Crippen LogP contribution is -2.41. The Labute approximate surface area is 228 Å². The molecule has 0 spiro atoms. The zero-order valence-corrected chi connectivity index (χ0v) is 23.2. The fourth-order valence-corrected chi connectivity index (χ4v) is 5.17. The van der Waals surface area contributed by atoms with Crippen molar-refractivity contribution in [3.05, 3.63) is 58.1 Å². The van der Waals surface area contributed by atoms with Crippen molar-refractivity contribution in [2.45, 2.75) is 52.1 Å². The van der Waals surface area contributed by atoms with Crippen molar-refractivity contribution in [1.29, 1.82) is 10.7 Å². The van der Waals surface area contributed by atoms with Gasteiger partial charge in [0.15, 0.2) is 0 Å². The molecule has 0 bridgehead atoms. The Morgan fingerprint density at radius 3 is 2.66 bits per heavy atom. The molecule has 0 saturated carbocycles. The second-order valence-electron chi connectivity index (χ2n) is 10.6. The fourth-order valence-electron chi connectivity index (χ4n) is 4.72. The molecule has 202 valence electrons. The maximum Gasteiger partial charge on any atom is 0.270 e. The number of aromatic nitrogens is 2. The first kappa shape index (κ1) is 28.7. The van der Waals surface area contributed by atoms with Gasteiger partial charge in [0, 0.05) is 48.7 Å². The van der Waals surface area contributed by atoms with E-state index in [0.717, 1.165) is 5.56 Å². The van der Waals surface area contributed by atoms with Gasteiger partial charge in [0.2, 0.25) is 5.91 Å². The SMILES string of the molecule is C=CC(=O)N1C[C@@H](CC#N)[C@@H](NC(=O)c2c(C)nc(CNC(=N)c3cc(C(C)(C)C)c(Cl)cc3N)n2C)C1. The Hall–Kier alpha value is -3.84. The van der Waals surface area contributed by atoms with E-state index in [0.29, 0.717) is 46.6 Å². The summed E-state index contributed by atoms with van der Waals surface area (Å²) < 4.78 is 1.68. The molecule has 1 aliphatic heterocycles. The molecule has 0 radical (unpaired) electrons. The van der Waals surface area contributed by atoms with Crippen molar-refractivity contribution in [3.8, 4) is 6.07 Å². The number of amidine groups is 1. The van der Waals surface area contributed by atoms with Gasteiger partial charge in [-0.05, 0) is 36.1 Å². The predicted molar refractivity (Wildman–Crippen MR) is 148 cm³/mol. The van der Waals surface area contributed by atoms with E-state index in [1.165, 1.54) is 6.08 Å². The summed E-state index contributed by atoms with van der Waals surface area (Å²) in [5, 5.41) is 24.4. The molecule has 1 aliphatic rings. The molecule has 1 fully saturated rings. The zero-order chi connectivity index (χ0) is 28.4. The molecule has 0 unspecified atom stereocenters. The normalized spacial score (nSPS) is 17.1. The smallest absolute Gasteiger partial charge is 0.270 e. The molecule has 10 nitrogen and oxygen atoms in total. The first-order chi connectivity index (χ1) is 17.8. The van der Waals surface area contributed by atoms with E-state index in [2.05, 4.69) is 28.3 Å². The average molecular weight is 539 g/mol. The van der Waals surface area contributed by atoms with Gasteiger partial charge in [-0.25, -0.2) is 4.98 Å². The van der Waals surface area contributed by atoms with Gasteiger partial charge in [0.05, 0.1) is 24.3 Å². The summed E-state index contributed by atoms with van der Waals surface area (Å²) >= 11 is 6.39. The van der Waals surface area contributed by atoms with Crippen molar-refractivity contribution in [2.75, 3.05) is 18.8 Å². The summed E-state index contributed by atoms with van der Waals surface area (Å²) in [5.74, 6) is -0.0616. The van der Waals surface area contributed by atoms with Crippen LogP contribution >= 0.6 is 11.6 Å². The summed E-state index contributed by atoms with van der Waals surface area (Å²) in [6.45, 7) is 12.3. The van der Waals surface area contributed by atoms with Gasteiger partial charge < -0.3 is 25.8 Å². The molecule has 11 heteroatoms. The van der Waals surface area contributed by atoms with Crippen LogP contribution in [0, 0.1) is 29.6 Å².